The van der Waals surface area contributed by atoms with Crippen LogP contribution in [0.4, 0.5) is 0 Å². The van der Waals surface area contributed by atoms with E-state index >= 15 is 0 Å². The second-order valence-electron chi connectivity index (χ2n) is 6.97. The number of hydrogen-bond donors (Lipinski definition) is 1. The van der Waals surface area contributed by atoms with Crippen molar-refractivity contribution in [3.63, 3.8) is 0 Å². The van der Waals surface area contributed by atoms with Crippen LogP contribution in [-0.4, -0.2) is 42.5 Å². The molecule has 2 aliphatic carbocycles. The molecule has 0 bridgehead atoms. The van der Waals surface area contributed by atoms with Gasteiger partial charge < -0.3 is 10.2 Å². The normalized spacial score (nSPS) is 31.5. The summed E-state index contributed by atoms with van der Waals surface area (Å²) in [5.74, 6) is 1.22. The van der Waals surface area contributed by atoms with E-state index in [0.29, 0.717) is 12.0 Å². The van der Waals surface area contributed by atoms with Crippen LogP contribution >= 0.6 is 0 Å². The van der Waals surface area contributed by atoms with Crippen molar-refractivity contribution in [2.45, 2.75) is 25.3 Å². The van der Waals surface area contributed by atoms with Crippen LogP contribution in [-0.2, 0) is 0 Å². The number of likely N-dealkylation sites (tertiary alicyclic amines) is 1. The standard InChI is InChI=1S/C17H20N4/c1-21-8-13(9-21)19-16-5-11(4-12-7-18-17(12)16)15-6-14(20-15)10-2-3-10/h5-7,10-11,13,19H,2-4,8-9H2,1H3. The average Bonchev–Trinajstić information content (AvgIpc) is 3.13. The Labute approximate surface area is 125 Å². The third kappa shape index (κ3) is 1.93. The van der Waals surface area contributed by atoms with Crippen LogP contribution in [0.3, 0.4) is 0 Å². The van der Waals surface area contributed by atoms with Crippen LogP contribution in [0.2, 0.25) is 0 Å². The first kappa shape index (κ1) is 11.9. The van der Waals surface area contributed by atoms with E-state index in [1.165, 1.54) is 41.2 Å². The molecule has 1 unspecified atom stereocenters. The Morgan fingerprint density at radius 3 is 2.71 bits per heavy atom. The lowest BCUT2D eigenvalue weighted by Gasteiger charge is -2.40. The minimum Gasteiger partial charge on any atom is -0.378 e. The third-order valence-corrected chi connectivity index (χ3v) is 5.07. The topological polar surface area (TPSA) is 40.0 Å². The molecule has 1 N–H and O–H groups in total. The smallest absolute Gasteiger partial charge is 0.0905 e. The molecule has 0 spiro atoms. The lowest BCUT2D eigenvalue weighted by Crippen LogP contribution is -2.56. The fourth-order valence-corrected chi connectivity index (χ4v) is 3.58. The molecule has 21 heavy (non-hydrogen) atoms. The fraction of sp³-hybridized carbons (Fsp3) is 0.529. The molecule has 0 amide bonds. The van der Waals surface area contributed by atoms with Gasteiger partial charge in [-0.3, -0.25) is 9.98 Å². The summed E-state index contributed by atoms with van der Waals surface area (Å²) in [6.07, 6.45) is 10.5. The number of nitrogens with one attached hydrogen (secondary N) is 1. The molecule has 5 aliphatic rings. The summed E-state index contributed by atoms with van der Waals surface area (Å²) < 4.78 is 0. The molecule has 4 nitrogen and oxygen atoms in total. The van der Waals surface area contributed by atoms with Gasteiger partial charge in [0.25, 0.3) is 0 Å². The molecule has 3 aliphatic heterocycles. The maximum Gasteiger partial charge on any atom is 0.0905 e. The van der Waals surface area contributed by atoms with Crippen molar-refractivity contribution in [1.29, 1.82) is 0 Å². The fourth-order valence-electron chi connectivity index (χ4n) is 3.58. The highest BCUT2D eigenvalue weighted by atomic mass is 15.2. The van der Waals surface area contributed by atoms with Crippen molar-refractivity contribution in [2.75, 3.05) is 20.1 Å². The van der Waals surface area contributed by atoms with Gasteiger partial charge in [0, 0.05) is 42.5 Å². The Kier molecular flexibility index (Phi) is 2.37. The third-order valence-electron chi connectivity index (χ3n) is 5.07. The summed E-state index contributed by atoms with van der Waals surface area (Å²) in [6.45, 7) is 2.25. The number of hydrogen-bond acceptors (Lipinski definition) is 4. The van der Waals surface area contributed by atoms with E-state index in [1.54, 1.807) is 0 Å². The zero-order chi connectivity index (χ0) is 14.0. The van der Waals surface area contributed by atoms with Gasteiger partial charge in [-0.15, -0.1) is 0 Å². The summed E-state index contributed by atoms with van der Waals surface area (Å²) in [5, 5.41) is 3.67. The predicted octanol–water partition coefficient (Wildman–Crippen LogP) is 1.88. The molecule has 4 heteroatoms. The molecule has 108 valence electrons. The lowest BCUT2D eigenvalue weighted by atomic mass is 9.82. The van der Waals surface area contributed by atoms with Gasteiger partial charge >= 0.3 is 0 Å². The zero-order valence-electron chi connectivity index (χ0n) is 12.3. The van der Waals surface area contributed by atoms with Crippen molar-refractivity contribution >= 4 is 11.4 Å². The van der Waals surface area contributed by atoms with Gasteiger partial charge in [-0.1, -0.05) is 0 Å². The van der Waals surface area contributed by atoms with Gasteiger partial charge in [0.15, 0.2) is 0 Å². The van der Waals surface area contributed by atoms with Crippen molar-refractivity contribution in [3.05, 3.63) is 35.3 Å². The molecule has 1 saturated heterocycles. The highest BCUT2D eigenvalue weighted by Crippen LogP contribution is 2.40. The Bertz CT molecular complexity index is 654. The molecule has 3 heterocycles. The Balaban J connectivity index is 1.32. The molecule has 0 aromatic rings. The van der Waals surface area contributed by atoms with Gasteiger partial charge in [0.1, 0.15) is 0 Å². The van der Waals surface area contributed by atoms with E-state index < -0.39 is 0 Å². The van der Waals surface area contributed by atoms with Crippen molar-refractivity contribution < 1.29 is 0 Å². The van der Waals surface area contributed by atoms with Gasteiger partial charge in [0.05, 0.1) is 17.5 Å². The second kappa shape index (κ2) is 4.17. The molecule has 1 atom stereocenters. The van der Waals surface area contributed by atoms with E-state index in [-0.39, 0.29) is 0 Å². The van der Waals surface area contributed by atoms with Crippen LogP contribution < -0.4 is 5.32 Å². The summed E-state index contributed by atoms with van der Waals surface area (Å²) >= 11 is 0. The van der Waals surface area contributed by atoms with Crippen LogP contribution in [0.15, 0.2) is 45.3 Å². The average molecular weight is 280 g/mol. The number of fused-ring (bicyclic) bond motifs is 1. The van der Waals surface area contributed by atoms with Crippen LogP contribution in [0, 0.1) is 11.8 Å². The first-order valence-electron chi connectivity index (χ1n) is 8.01. The van der Waals surface area contributed by atoms with E-state index in [1.807, 2.05) is 6.20 Å². The highest BCUT2D eigenvalue weighted by Gasteiger charge is 2.36. The number of aliphatic imine (C=N–C) groups is 2. The van der Waals surface area contributed by atoms with E-state index in [9.17, 15) is 0 Å². The molecule has 0 aromatic carbocycles. The SMILES string of the molecule is CN1CC(NC2=CC(C3=CC(C4CC4)=N3)CC3=CN=C32)C1. The maximum absolute atomic E-state index is 4.78. The molecular weight excluding hydrogens is 260 g/mol. The van der Waals surface area contributed by atoms with E-state index in [0.717, 1.165) is 25.4 Å². The number of allylic oxidation sites excluding steroid dienone is 3. The van der Waals surface area contributed by atoms with Crippen molar-refractivity contribution in [2.24, 2.45) is 21.8 Å². The monoisotopic (exact) mass is 280 g/mol. The first-order valence-corrected chi connectivity index (χ1v) is 8.01. The quantitative estimate of drug-likeness (QED) is 0.854. The summed E-state index contributed by atoms with van der Waals surface area (Å²) in [4.78, 5) is 11.6. The molecule has 1 saturated carbocycles. The zero-order valence-corrected chi connectivity index (χ0v) is 12.3. The molecular formula is C17H20N4. The van der Waals surface area contributed by atoms with Crippen LogP contribution in [0.5, 0.6) is 0 Å². The molecule has 2 fully saturated rings. The maximum atomic E-state index is 4.78. The number of rotatable bonds is 4. The van der Waals surface area contributed by atoms with Gasteiger partial charge in [0.2, 0.25) is 0 Å². The first-order chi connectivity index (χ1) is 10.3. The molecule has 5 rings (SSSR count). The minimum absolute atomic E-state index is 0.443. The summed E-state index contributed by atoms with van der Waals surface area (Å²) in [5.41, 5.74) is 6.43. The highest BCUT2D eigenvalue weighted by molar-refractivity contribution is 6.16. The summed E-state index contributed by atoms with van der Waals surface area (Å²) in [6, 6.07) is 0.574. The predicted molar refractivity (Wildman–Crippen MR) is 84.4 cm³/mol. The largest absolute Gasteiger partial charge is 0.378 e. The number of likely N-dealkylation sites (N-methyl/N-ethyl adjacent to an activating group) is 1. The number of nitrogens with zero attached hydrogens (tertiary/aromatic N) is 3. The van der Waals surface area contributed by atoms with Gasteiger partial charge in [-0.25, -0.2) is 0 Å². The van der Waals surface area contributed by atoms with Crippen LogP contribution in [0.1, 0.15) is 19.3 Å². The molecule has 0 radical (unpaired) electrons. The van der Waals surface area contributed by atoms with Gasteiger partial charge in [-0.05, 0) is 44.0 Å². The lowest BCUT2D eigenvalue weighted by molar-refractivity contribution is 0.172. The van der Waals surface area contributed by atoms with Crippen molar-refractivity contribution in [1.82, 2.24) is 10.2 Å². The Morgan fingerprint density at radius 2 is 2.10 bits per heavy atom. The Hall–Kier alpha value is -1.68. The van der Waals surface area contributed by atoms with Crippen molar-refractivity contribution in [3.8, 4) is 0 Å². The second-order valence-corrected chi connectivity index (χ2v) is 6.97. The van der Waals surface area contributed by atoms with Crippen LogP contribution in [0.25, 0.3) is 0 Å². The molecule has 0 aromatic heterocycles. The summed E-state index contributed by atoms with van der Waals surface area (Å²) in [7, 11) is 2.16. The van der Waals surface area contributed by atoms with Gasteiger partial charge in [-0.2, -0.15) is 0 Å². The van der Waals surface area contributed by atoms with E-state index in [4.69, 9.17) is 4.99 Å². The minimum atomic E-state index is 0.443. The Morgan fingerprint density at radius 1 is 1.29 bits per heavy atom. The van der Waals surface area contributed by atoms with E-state index in [2.05, 4.69) is 34.4 Å².